The van der Waals surface area contributed by atoms with Gasteiger partial charge in [-0.1, -0.05) is 0 Å². The minimum atomic E-state index is 0.856. The highest BCUT2D eigenvalue weighted by atomic mass is 16.5. The van der Waals surface area contributed by atoms with Crippen LogP contribution in [0.25, 0.3) is 0 Å². The number of rotatable bonds is 0. The summed E-state index contributed by atoms with van der Waals surface area (Å²) in [5, 5.41) is 8.96. The van der Waals surface area contributed by atoms with Gasteiger partial charge in [-0.15, -0.1) is 0 Å². The van der Waals surface area contributed by atoms with Crippen molar-refractivity contribution in [1.82, 2.24) is 0 Å². The molecule has 2 nitrogen and oxygen atoms in total. The zero-order valence-electron chi connectivity index (χ0n) is 5.63. The number of hydrogen-bond donors (Lipinski definition) is 1. The Hall–Kier alpha value is -1.05. The van der Waals surface area contributed by atoms with Gasteiger partial charge in [-0.2, -0.15) is 0 Å². The second kappa shape index (κ2) is 2.05. The van der Waals surface area contributed by atoms with E-state index in [9.17, 15) is 0 Å². The predicted octanol–water partition coefficient (Wildman–Crippen LogP) is 0.828. The smallest absolute Gasteiger partial charge is 0.231 e. The highest BCUT2D eigenvalue weighted by molar-refractivity contribution is 5.08. The van der Waals surface area contributed by atoms with Crippen LogP contribution in [0.2, 0.25) is 0 Å². The van der Waals surface area contributed by atoms with E-state index >= 15 is 0 Å². The van der Waals surface area contributed by atoms with Gasteiger partial charge in [0.2, 0.25) is 11.9 Å². The molecule has 0 saturated heterocycles. The molecule has 0 bridgehead atoms. The Balaban J connectivity index is 3.17. The summed E-state index contributed by atoms with van der Waals surface area (Å²) in [6, 6.07) is 3.77. The molecule has 0 aliphatic carbocycles. The first-order chi connectivity index (χ1) is 4.20. The zero-order valence-corrected chi connectivity index (χ0v) is 5.63. The maximum Gasteiger partial charge on any atom is 0.231 e. The minimum Gasteiger partial charge on any atom is -0.285 e. The monoisotopic (exact) mass is 124 g/mol. The molecule has 1 aromatic heterocycles. The molecule has 1 aromatic rings. The topological polar surface area (TPSA) is 24.1 Å². The molecule has 0 amide bonds. The van der Waals surface area contributed by atoms with Crippen LogP contribution in [-0.4, -0.2) is 5.21 Å². The molecule has 0 aliphatic rings. The zero-order chi connectivity index (χ0) is 6.85. The van der Waals surface area contributed by atoms with Crippen LogP contribution in [0.5, 0.6) is 0 Å². The van der Waals surface area contributed by atoms with Gasteiger partial charge in [0.1, 0.15) is 0 Å². The minimum absolute atomic E-state index is 0.856. The maximum atomic E-state index is 8.96. The largest absolute Gasteiger partial charge is 0.285 e. The van der Waals surface area contributed by atoms with Gasteiger partial charge in [0, 0.05) is 23.8 Å². The van der Waals surface area contributed by atoms with E-state index in [-0.39, 0.29) is 0 Å². The lowest BCUT2D eigenvalue weighted by Crippen LogP contribution is -2.32. The number of aryl methyl sites for hydroxylation is 2. The van der Waals surface area contributed by atoms with E-state index in [4.69, 9.17) is 5.21 Å². The Bertz CT molecular complexity index is 220. The Kier molecular flexibility index (Phi) is 1.39. The molecule has 48 valence electrons. The van der Waals surface area contributed by atoms with Crippen LogP contribution in [0, 0.1) is 13.8 Å². The first kappa shape index (κ1) is 6.08. The van der Waals surface area contributed by atoms with Crippen LogP contribution in [0.15, 0.2) is 18.3 Å². The van der Waals surface area contributed by atoms with Crippen molar-refractivity contribution in [3.8, 4) is 0 Å². The summed E-state index contributed by atoms with van der Waals surface area (Å²) in [4.78, 5) is 0. The lowest BCUT2D eigenvalue weighted by atomic mass is 10.3. The fourth-order valence-corrected chi connectivity index (χ4v) is 0.749. The molecule has 2 heteroatoms. The average molecular weight is 124 g/mol. The van der Waals surface area contributed by atoms with Crippen LogP contribution in [0.3, 0.4) is 0 Å². The Labute approximate surface area is 54.3 Å². The molecule has 0 aliphatic heterocycles. The summed E-state index contributed by atoms with van der Waals surface area (Å²) in [6.45, 7) is 3.85. The van der Waals surface area contributed by atoms with E-state index in [0.29, 0.717) is 0 Å². The number of nitrogens with zero attached hydrogens (tertiary/aromatic N) is 1. The molecule has 0 unspecified atom stereocenters. The van der Waals surface area contributed by atoms with Gasteiger partial charge in [-0.25, -0.2) is 0 Å². The van der Waals surface area contributed by atoms with Crippen molar-refractivity contribution < 1.29 is 9.94 Å². The second-order valence-corrected chi connectivity index (χ2v) is 2.19. The number of aromatic nitrogens is 1. The van der Waals surface area contributed by atoms with Crippen molar-refractivity contribution in [3.63, 3.8) is 0 Å². The first-order valence-electron chi connectivity index (χ1n) is 2.88. The lowest BCUT2D eigenvalue weighted by Gasteiger charge is -1.89. The summed E-state index contributed by atoms with van der Waals surface area (Å²) < 4.78 is 1.10. The summed E-state index contributed by atoms with van der Waals surface area (Å²) in [6.07, 6.45) is 1.63. The van der Waals surface area contributed by atoms with Crippen LogP contribution in [-0.2, 0) is 0 Å². The van der Waals surface area contributed by atoms with Crippen molar-refractivity contribution >= 4 is 0 Å². The molecule has 0 atom stereocenters. The van der Waals surface area contributed by atoms with Crippen molar-refractivity contribution in [3.05, 3.63) is 29.6 Å². The molecule has 0 saturated carbocycles. The van der Waals surface area contributed by atoms with Crippen molar-refractivity contribution in [1.29, 1.82) is 0 Å². The highest BCUT2D eigenvalue weighted by Gasteiger charge is 2.00. The lowest BCUT2D eigenvalue weighted by molar-refractivity contribution is -0.908. The fraction of sp³-hybridized carbons (Fsp3) is 0.286. The van der Waals surface area contributed by atoms with Crippen molar-refractivity contribution in [2.24, 2.45) is 0 Å². The highest BCUT2D eigenvalue weighted by Crippen LogP contribution is 1.94. The van der Waals surface area contributed by atoms with Gasteiger partial charge in [-0.05, 0) is 12.5 Å². The summed E-state index contributed by atoms with van der Waals surface area (Å²) in [5.74, 6) is 0. The van der Waals surface area contributed by atoms with Gasteiger partial charge < -0.3 is 0 Å². The van der Waals surface area contributed by atoms with E-state index in [0.717, 1.165) is 16.0 Å². The van der Waals surface area contributed by atoms with E-state index in [1.165, 1.54) is 0 Å². The maximum absolute atomic E-state index is 8.96. The quantitative estimate of drug-likeness (QED) is 0.402. The van der Waals surface area contributed by atoms with Crippen LogP contribution >= 0.6 is 0 Å². The summed E-state index contributed by atoms with van der Waals surface area (Å²) in [5.41, 5.74) is 2.02. The van der Waals surface area contributed by atoms with Crippen molar-refractivity contribution in [2.45, 2.75) is 13.8 Å². The Morgan fingerprint density at radius 3 is 2.56 bits per heavy atom. The van der Waals surface area contributed by atoms with Crippen LogP contribution in [0.1, 0.15) is 11.3 Å². The van der Waals surface area contributed by atoms with E-state index < -0.39 is 0 Å². The van der Waals surface area contributed by atoms with E-state index in [2.05, 4.69) is 0 Å². The molecular weight excluding hydrogens is 114 g/mol. The van der Waals surface area contributed by atoms with Gasteiger partial charge >= 0.3 is 0 Å². The molecule has 1 rings (SSSR count). The van der Waals surface area contributed by atoms with E-state index in [1.807, 2.05) is 26.0 Å². The fourth-order valence-electron chi connectivity index (χ4n) is 0.749. The predicted molar refractivity (Wildman–Crippen MR) is 33.3 cm³/mol. The normalized spacial score (nSPS) is 9.56. The molecule has 9 heavy (non-hydrogen) atoms. The molecular formula is C7H10NO+. The summed E-state index contributed by atoms with van der Waals surface area (Å²) in [7, 11) is 0. The van der Waals surface area contributed by atoms with Gasteiger partial charge in [-0.3, -0.25) is 5.21 Å². The second-order valence-electron chi connectivity index (χ2n) is 2.19. The third kappa shape index (κ3) is 1.19. The van der Waals surface area contributed by atoms with Gasteiger partial charge in [0.15, 0.2) is 0 Å². The summed E-state index contributed by atoms with van der Waals surface area (Å²) >= 11 is 0. The number of hydrogen-bond acceptors (Lipinski definition) is 1. The molecule has 0 spiro atoms. The Morgan fingerprint density at radius 1 is 1.44 bits per heavy atom. The Morgan fingerprint density at radius 2 is 2.11 bits per heavy atom. The van der Waals surface area contributed by atoms with Crippen molar-refractivity contribution in [2.75, 3.05) is 0 Å². The third-order valence-corrected chi connectivity index (χ3v) is 1.28. The van der Waals surface area contributed by atoms with Crippen LogP contribution < -0.4 is 4.73 Å². The average Bonchev–Trinajstić information content (AvgIpc) is 1.80. The SMILES string of the molecule is Cc1cc[n+](O)c(C)c1. The molecule has 0 radical (unpaired) electrons. The molecule has 0 aromatic carbocycles. The third-order valence-electron chi connectivity index (χ3n) is 1.28. The standard InChI is InChI=1S/C7H10NO/c1-6-3-4-8(9)7(2)5-6/h3-5,9H,1-2H3/q+1. The van der Waals surface area contributed by atoms with E-state index in [1.54, 1.807) is 6.20 Å². The number of pyridine rings is 1. The molecule has 1 heterocycles. The van der Waals surface area contributed by atoms with Gasteiger partial charge in [0.05, 0.1) is 0 Å². The first-order valence-corrected chi connectivity index (χ1v) is 2.88. The molecule has 1 N–H and O–H groups in total. The van der Waals surface area contributed by atoms with Gasteiger partial charge in [0.25, 0.3) is 0 Å². The van der Waals surface area contributed by atoms with Crippen LogP contribution in [0.4, 0.5) is 0 Å². The molecule has 0 fully saturated rings.